The smallest absolute Gasteiger partial charge is 0.317 e. The van der Waals surface area contributed by atoms with E-state index >= 15 is 0 Å². The molecule has 0 radical (unpaired) electrons. The Morgan fingerprint density at radius 3 is 1.27 bits per heavy atom. The lowest BCUT2D eigenvalue weighted by molar-refractivity contribution is -0.140. The van der Waals surface area contributed by atoms with Crippen LogP contribution in [-0.2, 0) is 9.59 Å². The van der Waals surface area contributed by atoms with Crippen molar-refractivity contribution >= 4 is 11.9 Å². The molecule has 1 saturated heterocycles. The fourth-order valence-electron chi connectivity index (χ4n) is 2.39. The van der Waals surface area contributed by atoms with Gasteiger partial charge in [-0.1, -0.05) is 0 Å². The normalized spacial score (nSPS) is 21.9. The first kappa shape index (κ1) is 18.8. The molecule has 0 amide bonds. The summed E-state index contributed by atoms with van der Waals surface area (Å²) >= 11 is 0. The highest BCUT2D eigenvalue weighted by atomic mass is 16.4. The van der Waals surface area contributed by atoms with Gasteiger partial charge in [-0.2, -0.15) is 0 Å². The second-order valence-electron chi connectivity index (χ2n) is 5.95. The molecule has 128 valence electrons. The van der Waals surface area contributed by atoms with Gasteiger partial charge in [-0.3, -0.25) is 19.4 Å². The quantitative estimate of drug-likeness (QED) is 0.657. The molecule has 1 aliphatic rings. The lowest BCUT2D eigenvalue weighted by atomic mass is 10.3. The third kappa shape index (κ3) is 8.28. The molecule has 0 saturated carbocycles. The Morgan fingerprint density at radius 2 is 0.955 bits per heavy atom. The van der Waals surface area contributed by atoms with E-state index in [1.54, 1.807) is 0 Å². The predicted octanol–water partition coefficient (Wildman–Crippen LogP) is -1.36. The van der Waals surface area contributed by atoms with Gasteiger partial charge >= 0.3 is 11.9 Å². The van der Waals surface area contributed by atoms with Gasteiger partial charge in [0.1, 0.15) is 0 Å². The van der Waals surface area contributed by atoms with E-state index in [4.69, 9.17) is 10.2 Å². The molecule has 0 aliphatic carbocycles. The monoisotopic (exact) mass is 316 g/mol. The van der Waals surface area contributed by atoms with Crippen molar-refractivity contribution in [2.24, 2.45) is 0 Å². The number of carbonyl (C=O) groups is 2. The van der Waals surface area contributed by atoms with Crippen LogP contribution in [0.15, 0.2) is 0 Å². The van der Waals surface area contributed by atoms with Crippen molar-refractivity contribution in [1.82, 2.24) is 19.6 Å². The van der Waals surface area contributed by atoms with Crippen LogP contribution >= 0.6 is 0 Å². The Kier molecular flexibility index (Phi) is 8.32. The summed E-state index contributed by atoms with van der Waals surface area (Å²) in [5.74, 6) is -1.70. The van der Waals surface area contributed by atoms with E-state index in [0.29, 0.717) is 26.2 Å². The van der Waals surface area contributed by atoms with Crippen LogP contribution in [0.4, 0.5) is 0 Å². The molecule has 1 heterocycles. The fraction of sp³-hybridized carbons (Fsp3) is 0.857. The maximum absolute atomic E-state index is 11.0. The maximum Gasteiger partial charge on any atom is 0.317 e. The molecular weight excluding hydrogens is 288 g/mol. The van der Waals surface area contributed by atoms with Crippen LogP contribution < -0.4 is 0 Å². The van der Waals surface area contributed by atoms with Crippen LogP contribution in [0.25, 0.3) is 0 Å². The van der Waals surface area contributed by atoms with Gasteiger partial charge in [0.25, 0.3) is 0 Å². The largest absolute Gasteiger partial charge is 0.480 e. The van der Waals surface area contributed by atoms with E-state index < -0.39 is 11.9 Å². The van der Waals surface area contributed by atoms with Gasteiger partial charge in [0, 0.05) is 52.4 Å². The molecule has 1 fully saturated rings. The summed E-state index contributed by atoms with van der Waals surface area (Å²) in [4.78, 5) is 30.1. The molecule has 0 atom stereocenters. The summed E-state index contributed by atoms with van der Waals surface area (Å²) in [6, 6.07) is 0. The summed E-state index contributed by atoms with van der Waals surface area (Å²) in [5, 5.41) is 18.0. The van der Waals surface area contributed by atoms with Crippen molar-refractivity contribution in [1.29, 1.82) is 0 Å². The first-order valence-electron chi connectivity index (χ1n) is 7.62. The van der Waals surface area contributed by atoms with Gasteiger partial charge in [-0.25, -0.2) is 0 Å². The Labute approximate surface area is 131 Å². The lowest BCUT2D eigenvalue weighted by Gasteiger charge is -2.31. The number of hydrogen-bond acceptors (Lipinski definition) is 6. The molecule has 0 aromatic rings. The minimum absolute atomic E-state index is 0.00530. The Morgan fingerprint density at radius 1 is 0.682 bits per heavy atom. The minimum atomic E-state index is -0.848. The highest BCUT2D eigenvalue weighted by molar-refractivity contribution is 5.69. The van der Waals surface area contributed by atoms with E-state index in [-0.39, 0.29) is 13.1 Å². The third-order valence-corrected chi connectivity index (χ3v) is 3.91. The summed E-state index contributed by atoms with van der Waals surface area (Å²) < 4.78 is 0. The number of rotatable bonds is 4. The first-order valence-corrected chi connectivity index (χ1v) is 7.62. The van der Waals surface area contributed by atoms with E-state index in [2.05, 4.69) is 9.80 Å². The topological polar surface area (TPSA) is 87.6 Å². The third-order valence-electron chi connectivity index (χ3n) is 3.91. The molecule has 22 heavy (non-hydrogen) atoms. The molecule has 0 spiro atoms. The van der Waals surface area contributed by atoms with Crippen molar-refractivity contribution in [3.63, 3.8) is 0 Å². The van der Waals surface area contributed by atoms with Crippen LogP contribution in [0, 0.1) is 0 Å². The van der Waals surface area contributed by atoms with Crippen LogP contribution in [0.2, 0.25) is 0 Å². The molecule has 8 nitrogen and oxygen atoms in total. The molecule has 8 heteroatoms. The molecule has 0 unspecified atom stereocenters. The Balaban J connectivity index is 2.66. The van der Waals surface area contributed by atoms with Gasteiger partial charge in [0.05, 0.1) is 13.1 Å². The van der Waals surface area contributed by atoms with Crippen LogP contribution in [0.5, 0.6) is 0 Å². The van der Waals surface area contributed by atoms with Crippen molar-refractivity contribution in [2.45, 2.75) is 0 Å². The van der Waals surface area contributed by atoms with Gasteiger partial charge < -0.3 is 20.0 Å². The standard InChI is InChI=1S/C14H28N4O4/c1-15-3-4-16(2)6-8-18(12-14(21)22)10-9-17(7-5-15)11-13(19)20/h3-12H2,1-2H3,(H,19,20)(H,21,22). The highest BCUT2D eigenvalue weighted by Crippen LogP contribution is 1.98. The molecular formula is C14H28N4O4. The van der Waals surface area contributed by atoms with E-state index in [0.717, 1.165) is 26.2 Å². The summed E-state index contributed by atoms with van der Waals surface area (Å²) in [5.41, 5.74) is 0. The van der Waals surface area contributed by atoms with E-state index in [1.807, 2.05) is 23.9 Å². The molecule has 0 aromatic carbocycles. The average molecular weight is 316 g/mol. The number of nitrogens with zero attached hydrogens (tertiary/aromatic N) is 4. The fourth-order valence-corrected chi connectivity index (χ4v) is 2.39. The second kappa shape index (κ2) is 9.73. The van der Waals surface area contributed by atoms with E-state index in [9.17, 15) is 9.59 Å². The number of hydrogen-bond donors (Lipinski definition) is 2. The molecule has 1 rings (SSSR count). The lowest BCUT2D eigenvalue weighted by Crippen LogP contribution is -2.46. The minimum Gasteiger partial charge on any atom is -0.480 e. The van der Waals surface area contributed by atoms with Gasteiger partial charge in [0.15, 0.2) is 0 Å². The molecule has 1 aliphatic heterocycles. The molecule has 0 bridgehead atoms. The number of carboxylic acids is 2. The predicted molar refractivity (Wildman–Crippen MR) is 83.1 cm³/mol. The number of carboxylic acid groups (broad SMARTS) is 2. The van der Waals surface area contributed by atoms with E-state index in [1.165, 1.54) is 0 Å². The SMILES string of the molecule is CN1CCN(C)CCN(CC(=O)O)CCN(CC(=O)O)CC1. The van der Waals surface area contributed by atoms with Gasteiger partial charge in [0.2, 0.25) is 0 Å². The summed E-state index contributed by atoms with van der Waals surface area (Å²) in [6.45, 7) is 5.91. The van der Waals surface area contributed by atoms with Gasteiger partial charge in [-0.05, 0) is 14.1 Å². The zero-order valence-electron chi connectivity index (χ0n) is 13.6. The number of likely N-dealkylation sites (N-methyl/N-ethyl adjacent to an activating group) is 2. The van der Waals surface area contributed by atoms with Crippen molar-refractivity contribution in [3.8, 4) is 0 Å². The zero-order valence-corrected chi connectivity index (χ0v) is 13.6. The Hall–Kier alpha value is -1.22. The summed E-state index contributed by atoms with van der Waals surface area (Å²) in [6.07, 6.45) is 0. The molecule has 2 N–H and O–H groups in total. The zero-order chi connectivity index (χ0) is 16.5. The van der Waals surface area contributed by atoms with Crippen LogP contribution in [0.1, 0.15) is 0 Å². The second-order valence-corrected chi connectivity index (χ2v) is 5.95. The van der Waals surface area contributed by atoms with Crippen LogP contribution in [0.3, 0.4) is 0 Å². The maximum atomic E-state index is 11.0. The summed E-state index contributed by atoms with van der Waals surface area (Å²) in [7, 11) is 4.07. The molecule has 0 aromatic heterocycles. The van der Waals surface area contributed by atoms with Crippen molar-refractivity contribution in [3.05, 3.63) is 0 Å². The first-order chi connectivity index (χ1) is 10.4. The van der Waals surface area contributed by atoms with Crippen molar-refractivity contribution < 1.29 is 19.8 Å². The average Bonchev–Trinajstić information content (AvgIpc) is 2.42. The van der Waals surface area contributed by atoms with Gasteiger partial charge in [-0.15, -0.1) is 0 Å². The highest BCUT2D eigenvalue weighted by Gasteiger charge is 2.16. The van der Waals surface area contributed by atoms with Crippen molar-refractivity contribution in [2.75, 3.05) is 79.5 Å². The van der Waals surface area contributed by atoms with Crippen LogP contribution in [-0.4, -0.2) is 121 Å². The Bertz CT molecular complexity index is 333. The number of aliphatic carboxylic acids is 2.